The monoisotopic (exact) mass is 338 g/mol. The van der Waals surface area contributed by atoms with Crippen LogP contribution in [0.4, 0.5) is 0 Å². The molecule has 2 aromatic rings. The molecule has 126 valence electrons. The molecule has 0 radical (unpaired) electrons. The lowest BCUT2D eigenvalue weighted by Gasteiger charge is -2.24. The quantitative estimate of drug-likeness (QED) is 0.307. The van der Waals surface area contributed by atoms with Crippen LogP contribution in [0.2, 0.25) is 13.1 Å². The normalized spacial score (nSPS) is 11.6. The van der Waals surface area contributed by atoms with Crippen LogP contribution in [0.15, 0.2) is 65.8 Å². The summed E-state index contributed by atoms with van der Waals surface area (Å²) >= 11 is 0. The molecule has 0 N–H and O–H groups in total. The number of ketones is 1. The highest BCUT2D eigenvalue weighted by Crippen LogP contribution is 2.10. The van der Waals surface area contributed by atoms with Crippen LogP contribution < -0.4 is 0 Å². The van der Waals surface area contributed by atoms with Crippen LogP contribution in [0.5, 0.6) is 0 Å². The van der Waals surface area contributed by atoms with Gasteiger partial charge in [0.05, 0.1) is 6.54 Å². The first kappa shape index (κ1) is 18.1. The fourth-order valence-electron chi connectivity index (χ4n) is 2.44. The van der Waals surface area contributed by atoms with Gasteiger partial charge in [-0.2, -0.15) is 5.10 Å². The smallest absolute Gasteiger partial charge is 0.163 e. The van der Waals surface area contributed by atoms with E-state index in [9.17, 15) is 4.79 Å². The molecule has 24 heavy (non-hydrogen) atoms. The van der Waals surface area contributed by atoms with Gasteiger partial charge >= 0.3 is 0 Å². The number of carbonyl (C=O) groups excluding carboxylic acids is 1. The highest BCUT2D eigenvalue weighted by Gasteiger charge is 2.10. The minimum Gasteiger partial charge on any atom is -0.324 e. The van der Waals surface area contributed by atoms with Crippen molar-refractivity contribution in [3.8, 4) is 0 Å². The largest absolute Gasteiger partial charge is 0.324 e. The zero-order valence-electron chi connectivity index (χ0n) is 14.8. The van der Waals surface area contributed by atoms with E-state index in [0.717, 1.165) is 17.8 Å². The molecule has 2 aromatic carbocycles. The summed E-state index contributed by atoms with van der Waals surface area (Å²) in [5.41, 5.74) is 3.08. The summed E-state index contributed by atoms with van der Waals surface area (Å²) in [5.74, 6) is 0.182. The molecular weight excluding hydrogens is 312 g/mol. The molecule has 3 nitrogen and oxygen atoms in total. The van der Waals surface area contributed by atoms with Crippen molar-refractivity contribution in [1.29, 1.82) is 0 Å². The summed E-state index contributed by atoms with van der Waals surface area (Å²) in [6.45, 7) is 7.41. The Hall–Kier alpha value is -2.20. The van der Waals surface area contributed by atoms with Crippen molar-refractivity contribution in [2.75, 3.05) is 0 Å². The van der Waals surface area contributed by atoms with E-state index in [1.54, 1.807) is 0 Å². The Morgan fingerprint density at radius 1 is 0.958 bits per heavy atom. The average molecular weight is 339 g/mol. The summed E-state index contributed by atoms with van der Waals surface area (Å²) in [4.78, 5) is 12.2. The standard InChI is InChI=1S/C20H26N2OSi/c1-17(14-15-20(23)19-12-8-5-9-13-19)21-22(24(2)3)16-18-10-6-4-7-11-18/h4-13,24H,14-16H2,1-3H3. The van der Waals surface area contributed by atoms with Crippen LogP contribution in [-0.4, -0.2) is 25.1 Å². The Kier molecular flexibility index (Phi) is 6.94. The van der Waals surface area contributed by atoms with Crippen LogP contribution in [0.3, 0.4) is 0 Å². The van der Waals surface area contributed by atoms with E-state index >= 15 is 0 Å². The Bertz CT molecular complexity index is 669. The molecule has 0 fully saturated rings. The highest BCUT2D eigenvalue weighted by atomic mass is 28.3. The first-order valence-corrected chi connectivity index (χ1v) is 11.3. The van der Waals surface area contributed by atoms with E-state index in [1.165, 1.54) is 5.56 Å². The lowest BCUT2D eigenvalue weighted by atomic mass is 10.1. The van der Waals surface area contributed by atoms with E-state index in [4.69, 9.17) is 5.10 Å². The fourth-order valence-corrected chi connectivity index (χ4v) is 3.44. The molecule has 4 heteroatoms. The zero-order valence-corrected chi connectivity index (χ0v) is 15.9. The van der Waals surface area contributed by atoms with Crippen LogP contribution in [0.25, 0.3) is 0 Å². The second kappa shape index (κ2) is 9.18. The minimum atomic E-state index is -1.06. The number of Topliss-reactive ketones (excluding diaryl/α,β-unsaturated/α-hetero) is 1. The molecule has 0 saturated carbocycles. The van der Waals surface area contributed by atoms with Gasteiger partial charge in [-0.05, 0) is 18.9 Å². The van der Waals surface area contributed by atoms with Crippen molar-refractivity contribution in [2.45, 2.75) is 39.4 Å². The maximum absolute atomic E-state index is 12.2. The molecule has 0 spiro atoms. The summed E-state index contributed by atoms with van der Waals surface area (Å²) in [6.07, 6.45) is 1.22. The molecule has 0 amide bonds. The third-order valence-corrected chi connectivity index (χ3v) is 5.38. The van der Waals surface area contributed by atoms with E-state index in [0.29, 0.717) is 12.8 Å². The summed E-state index contributed by atoms with van der Waals surface area (Å²) in [6, 6.07) is 19.9. The maximum Gasteiger partial charge on any atom is 0.163 e. The number of rotatable bonds is 8. The molecule has 0 aliphatic heterocycles. The van der Waals surface area contributed by atoms with E-state index in [1.807, 2.05) is 43.3 Å². The predicted molar refractivity (Wildman–Crippen MR) is 104 cm³/mol. The molecule has 0 unspecified atom stereocenters. The third-order valence-electron chi connectivity index (χ3n) is 3.89. The molecule has 0 aromatic heterocycles. The summed E-state index contributed by atoms with van der Waals surface area (Å²) < 4.78 is 2.22. The first-order valence-electron chi connectivity index (χ1n) is 8.49. The van der Waals surface area contributed by atoms with Gasteiger partial charge in [0, 0.05) is 17.7 Å². The fraction of sp³-hybridized carbons (Fsp3) is 0.300. The molecule has 2 rings (SSSR count). The minimum absolute atomic E-state index is 0.182. The summed E-state index contributed by atoms with van der Waals surface area (Å²) in [5, 5.41) is 4.80. The lowest BCUT2D eigenvalue weighted by Crippen LogP contribution is -2.30. The number of hydrogen-bond donors (Lipinski definition) is 0. The van der Waals surface area contributed by atoms with Crippen molar-refractivity contribution >= 4 is 20.5 Å². The highest BCUT2D eigenvalue weighted by molar-refractivity contribution is 6.52. The van der Waals surface area contributed by atoms with Gasteiger partial charge in [-0.15, -0.1) is 0 Å². The number of benzene rings is 2. The van der Waals surface area contributed by atoms with E-state index < -0.39 is 8.96 Å². The van der Waals surface area contributed by atoms with Gasteiger partial charge < -0.3 is 4.67 Å². The third kappa shape index (κ3) is 5.78. The Labute approximate surface area is 146 Å². The van der Waals surface area contributed by atoms with Crippen LogP contribution >= 0.6 is 0 Å². The number of hydrogen-bond acceptors (Lipinski definition) is 3. The van der Waals surface area contributed by atoms with Crippen molar-refractivity contribution in [3.63, 3.8) is 0 Å². The molecule has 0 heterocycles. The maximum atomic E-state index is 12.2. The Balaban J connectivity index is 1.95. The number of carbonyl (C=O) groups is 1. The summed E-state index contributed by atoms with van der Waals surface area (Å²) in [7, 11) is -1.06. The van der Waals surface area contributed by atoms with Gasteiger partial charge in [-0.3, -0.25) is 4.79 Å². The number of nitrogens with zero attached hydrogens (tertiary/aromatic N) is 2. The van der Waals surface area contributed by atoms with Gasteiger partial charge in [0.25, 0.3) is 0 Å². The second-order valence-corrected chi connectivity index (χ2v) is 9.08. The first-order chi connectivity index (χ1) is 11.6. The van der Waals surface area contributed by atoms with Crippen molar-refractivity contribution in [1.82, 2.24) is 4.67 Å². The van der Waals surface area contributed by atoms with Crippen molar-refractivity contribution in [2.24, 2.45) is 5.10 Å². The van der Waals surface area contributed by atoms with Crippen molar-refractivity contribution < 1.29 is 4.79 Å². The Morgan fingerprint density at radius 2 is 1.54 bits per heavy atom. The van der Waals surface area contributed by atoms with Gasteiger partial charge in [0.2, 0.25) is 0 Å². The van der Waals surface area contributed by atoms with Crippen LogP contribution in [-0.2, 0) is 6.54 Å². The average Bonchev–Trinajstić information content (AvgIpc) is 2.60. The molecule has 0 bridgehead atoms. The second-order valence-electron chi connectivity index (χ2n) is 6.30. The Morgan fingerprint density at radius 3 is 2.12 bits per heavy atom. The van der Waals surface area contributed by atoms with E-state index in [-0.39, 0.29) is 5.78 Å². The SMILES string of the molecule is CC(CCC(=O)c1ccccc1)=NN(Cc1ccccc1)[SiH](C)C. The molecule has 0 aliphatic carbocycles. The molecular formula is C20H26N2OSi. The van der Waals surface area contributed by atoms with Gasteiger partial charge in [0.1, 0.15) is 0 Å². The molecule has 0 aliphatic rings. The van der Waals surface area contributed by atoms with Gasteiger partial charge in [0.15, 0.2) is 14.7 Å². The predicted octanol–water partition coefficient (Wildman–Crippen LogP) is 4.51. The van der Waals surface area contributed by atoms with Gasteiger partial charge in [-0.1, -0.05) is 73.8 Å². The topological polar surface area (TPSA) is 32.7 Å². The molecule has 0 atom stereocenters. The number of hydrazone groups is 1. The zero-order chi connectivity index (χ0) is 17.4. The van der Waals surface area contributed by atoms with Crippen molar-refractivity contribution in [3.05, 3.63) is 71.8 Å². The molecule has 0 saturated heterocycles. The van der Waals surface area contributed by atoms with Crippen LogP contribution in [0.1, 0.15) is 35.7 Å². The van der Waals surface area contributed by atoms with E-state index in [2.05, 4.69) is 42.0 Å². The lowest BCUT2D eigenvalue weighted by molar-refractivity contribution is 0.0984. The van der Waals surface area contributed by atoms with Crippen LogP contribution in [0, 0.1) is 0 Å². The van der Waals surface area contributed by atoms with Gasteiger partial charge in [-0.25, -0.2) is 0 Å².